The first-order chi connectivity index (χ1) is 13.6. The maximum Gasteiger partial charge on any atom is 0.416 e. The Labute approximate surface area is 166 Å². The molecule has 0 aliphatic rings. The van der Waals surface area contributed by atoms with Crippen molar-refractivity contribution in [2.75, 3.05) is 0 Å². The van der Waals surface area contributed by atoms with Crippen LogP contribution in [-0.2, 0) is 15.8 Å². The van der Waals surface area contributed by atoms with Gasteiger partial charge in [0.25, 0.3) is 11.8 Å². The van der Waals surface area contributed by atoms with Crippen LogP contribution in [0.3, 0.4) is 0 Å². The number of rotatable bonds is 5. The largest absolute Gasteiger partial charge is 0.481 e. The van der Waals surface area contributed by atoms with Gasteiger partial charge in [-0.15, -0.1) is 0 Å². The van der Waals surface area contributed by atoms with Gasteiger partial charge in [-0.05, 0) is 61.7 Å². The van der Waals surface area contributed by atoms with E-state index in [0.717, 1.165) is 29.3 Å². The van der Waals surface area contributed by atoms with E-state index in [9.17, 15) is 22.8 Å². The summed E-state index contributed by atoms with van der Waals surface area (Å²) in [5.41, 5.74) is 6.01. The zero-order chi connectivity index (χ0) is 21.6. The molecule has 0 saturated carbocycles. The number of benzene rings is 2. The quantitative estimate of drug-likeness (QED) is 0.584. The van der Waals surface area contributed by atoms with Crippen molar-refractivity contribution >= 4 is 17.9 Å². The highest BCUT2D eigenvalue weighted by molar-refractivity contribution is 5.93. The highest BCUT2D eigenvalue weighted by Gasteiger charge is 2.29. The molecule has 0 fully saturated rings. The number of nitrogens with one attached hydrogen (secondary N) is 2. The molecule has 0 aliphatic carbocycles. The van der Waals surface area contributed by atoms with Gasteiger partial charge >= 0.3 is 6.18 Å². The number of aryl methyl sites for hydroxylation is 1. The molecular weight excluding hydrogens is 385 g/mol. The van der Waals surface area contributed by atoms with Crippen molar-refractivity contribution < 1.29 is 27.5 Å². The minimum Gasteiger partial charge on any atom is -0.481 e. The first kappa shape index (κ1) is 22.0. The lowest BCUT2D eigenvalue weighted by Crippen LogP contribution is -2.46. The van der Waals surface area contributed by atoms with Crippen molar-refractivity contribution in [3.05, 3.63) is 70.8 Å². The Hall–Kier alpha value is -3.29. The van der Waals surface area contributed by atoms with Gasteiger partial charge in [0.2, 0.25) is 0 Å². The average Bonchev–Trinajstić information content (AvgIpc) is 2.67. The van der Waals surface area contributed by atoms with Crippen molar-refractivity contribution in [3.63, 3.8) is 0 Å². The first-order valence-corrected chi connectivity index (χ1v) is 8.76. The summed E-state index contributed by atoms with van der Waals surface area (Å²) in [6.45, 7) is 5.35. The Morgan fingerprint density at radius 3 is 2.31 bits per heavy atom. The lowest BCUT2D eigenvalue weighted by atomic mass is 10.1. The lowest BCUT2D eigenvalue weighted by Gasteiger charge is -2.17. The highest BCUT2D eigenvalue weighted by Crippen LogP contribution is 2.29. The van der Waals surface area contributed by atoms with Crippen LogP contribution in [0.2, 0.25) is 0 Å². The minimum absolute atomic E-state index is 0.408. The topological polar surface area (TPSA) is 67.4 Å². The second-order valence-corrected chi connectivity index (χ2v) is 6.39. The van der Waals surface area contributed by atoms with E-state index in [4.69, 9.17) is 4.74 Å². The van der Waals surface area contributed by atoms with Gasteiger partial charge in [-0.2, -0.15) is 13.2 Å². The first-order valence-electron chi connectivity index (χ1n) is 8.76. The summed E-state index contributed by atoms with van der Waals surface area (Å²) in [5, 5.41) is 0. The van der Waals surface area contributed by atoms with Gasteiger partial charge in [-0.1, -0.05) is 24.3 Å². The number of amides is 2. The molecule has 8 heteroatoms. The van der Waals surface area contributed by atoms with Crippen LogP contribution in [0.5, 0.6) is 5.75 Å². The fourth-order valence-electron chi connectivity index (χ4n) is 2.32. The van der Waals surface area contributed by atoms with E-state index < -0.39 is 29.7 Å². The summed E-state index contributed by atoms with van der Waals surface area (Å²) in [5.74, 6) is -0.624. The van der Waals surface area contributed by atoms with Crippen LogP contribution < -0.4 is 15.6 Å². The third kappa shape index (κ3) is 6.38. The Kier molecular flexibility index (Phi) is 7.03. The molecule has 5 nitrogen and oxygen atoms in total. The van der Waals surface area contributed by atoms with Crippen molar-refractivity contribution in [1.29, 1.82) is 0 Å². The Morgan fingerprint density at radius 2 is 1.69 bits per heavy atom. The molecule has 2 aromatic carbocycles. The maximum atomic E-state index is 12.5. The fourth-order valence-corrected chi connectivity index (χ4v) is 2.32. The number of carbonyl (C=O) groups excluding carboxylic acids is 2. The van der Waals surface area contributed by atoms with E-state index in [2.05, 4.69) is 10.9 Å². The van der Waals surface area contributed by atoms with Crippen molar-refractivity contribution in [2.45, 2.75) is 33.1 Å². The molecule has 1 atom stereocenters. The summed E-state index contributed by atoms with van der Waals surface area (Å²) in [7, 11) is 0. The third-order valence-corrected chi connectivity index (χ3v) is 4.20. The van der Waals surface area contributed by atoms with E-state index in [0.29, 0.717) is 11.3 Å². The second-order valence-electron chi connectivity index (χ2n) is 6.39. The van der Waals surface area contributed by atoms with Crippen LogP contribution in [0.15, 0.2) is 48.5 Å². The third-order valence-electron chi connectivity index (χ3n) is 4.20. The van der Waals surface area contributed by atoms with Gasteiger partial charge in [0.1, 0.15) is 5.75 Å². The zero-order valence-corrected chi connectivity index (χ0v) is 16.1. The number of hydrogen-bond acceptors (Lipinski definition) is 3. The molecule has 0 saturated heterocycles. The molecule has 0 bridgehead atoms. The van der Waals surface area contributed by atoms with Gasteiger partial charge in [0.05, 0.1) is 5.56 Å². The number of hydrogen-bond donors (Lipinski definition) is 2. The second kappa shape index (κ2) is 9.27. The van der Waals surface area contributed by atoms with Crippen LogP contribution in [0, 0.1) is 13.8 Å². The Balaban J connectivity index is 1.85. The Morgan fingerprint density at radius 1 is 1.03 bits per heavy atom. The molecular formula is C21H21F3N2O3. The summed E-state index contributed by atoms with van der Waals surface area (Å²) in [4.78, 5) is 23.9. The maximum absolute atomic E-state index is 12.5. The van der Waals surface area contributed by atoms with Gasteiger partial charge in [0.15, 0.2) is 6.10 Å². The van der Waals surface area contributed by atoms with Gasteiger partial charge in [0, 0.05) is 6.08 Å². The molecule has 0 heterocycles. The molecule has 29 heavy (non-hydrogen) atoms. The number of alkyl halides is 3. The predicted octanol–water partition coefficient (Wildman–Crippen LogP) is 3.95. The molecule has 2 N–H and O–H groups in total. The van der Waals surface area contributed by atoms with E-state index >= 15 is 0 Å². The average molecular weight is 406 g/mol. The van der Waals surface area contributed by atoms with E-state index in [1.807, 2.05) is 26.0 Å². The van der Waals surface area contributed by atoms with Crippen molar-refractivity contribution in [3.8, 4) is 5.75 Å². The SMILES string of the molecule is Cc1cccc(OC(C)C(=O)NNC(=O)/C=C/c2ccc(C(F)(F)F)cc2)c1C. The molecule has 0 spiro atoms. The number of ether oxygens (including phenoxy) is 1. The van der Waals surface area contributed by atoms with Gasteiger partial charge in [-0.3, -0.25) is 20.4 Å². The van der Waals surface area contributed by atoms with Crippen LogP contribution in [0.4, 0.5) is 13.2 Å². The van der Waals surface area contributed by atoms with Crippen molar-refractivity contribution in [2.24, 2.45) is 0 Å². The van der Waals surface area contributed by atoms with E-state index in [-0.39, 0.29) is 0 Å². The fraction of sp³-hybridized carbons (Fsp3) is 0.238. The molecule has 2 rings (SSSR count). The molecule has 0 aliphatic heterocycles. The molecule has 2 amide bonds. The summed E-state index contributed by atoms with van der Waals surface area (Å²) in [6.07, 6.45) is -2.84. The lowest BCUT2D eigenvalue weighted by molar-refractivity contribution is -0.137. The molecule has 154 valence electrons. The normalized spacial score (nSPS) is 12.5. The van der Waals surface area contributed by atoms with E-state index in [1.165, 1.54) is 18.2 Å². The van der Waals surface area contributed by atoms with Crippen molar-refractivity contribution in [1.82, 2.24) is 10.9 Å². The van der Waals surface area contributed by atoms with Crippen LogP contribution in [0.25, 0.3) is 6.08 Å². The monoisotopic (exact) mass is 406 g/mol. The summed E-state index contributed by atoms with van der Waals surface area (Å²) < 4.78 is 43.2. The molecule has 1 unspecified atom stereocenters. The number of halogens is 3. The smallest absolute Gasteiger partial charge is 0.416 e. The standard InChI is InChI=1S/C21H21F3N2O3/c1-13-5-4-6-18(14(13)2)29-15(3)20(28)26-25-19(27)12-9-16-7-10-17(11-8-16)21(22,23)24/h4-12,15H,1-3H3,(H,25,27)(H,26,28)/b12-9+. The Bertz CT molecular complexity index is 906. The number of hydrazine groups is 1. The minimum atomic E-state index is -4.42. The van der Waals surface area contributed by atoms with Gasteiger partial charge in [-0.25, -0.2) is 0 Å². The summed E-state index contributed by atoms with van der Waals surface area (Å²) >= 11 is 0. The van der Waals surface area contributed by atoms with Crippen LogP contribution in [0.1, 0.15) is 29.2 Å². The van der Waals surface area contributed by atoms with Gasteiger partial charge < -0.3 is 4.74 Å². The zero-order valence-electron chi connectivity index (χ0n) is 16.1. The molecule has 0 aromatic heterocycles. The highest BCUT2D eigenvalue weighted by atomic mass is 19.4. The van der Waals surface area contributed by atoms with Crippen LogP contribution in [-0.4, -0.2) is 17.9 Å². The molecule has 0 radical (unpaired) electrons. The number of carbonyl (C=O) groups is 2. The van der Waals surface area contributed by atoms with E-state index in [1.54, 1.807) is 13.0 Å². The predicted molar refractivity (Wildman–Crippen MR) is 103 cm³/mol. The molecule has 2 aromatic rings. The summed E-state index contributed by atoms with van der Waals surface area (Å²) in [6, 6.07) is 9.82. The van der Waals surface area contributed by atoms with Crippen LogP contribution >= 0.6 is 0 Å².